The number of nitrogens with zero attached hydrogens (tertiary/aromatic N) is 1. The molecular formula is C24H30FNO6S. The molecule has 180 valence electrons. The molecule has 1 heterocycles. The van der Waals surface area contributed by atoms with E-state index < -0.39 is 27.3 Å². The molecule has 1 aliphatic heterocycles. The lowest BCUT2D eigenvalue weighted by Crippen LogP contribution is -2.39. The molecule has 1 saturated heterocycles. The lowest BCUT2D eigenvalue weighted by Gasteiger charge is -2.31. The molecule has 0 aliphatic carbocycles. The van der Waals surface area contributed by atoms with Crippen LogP contribution in [-0.2, 0) is 21.2 Å². The highest BCUT2D eigenvalue weighted by molar-refractivity contribution is 7.90. The Bertz CT molecular complexity index is 1070. The zero-order valence-corrected chi connectivity index (χ0v) is 20.2. The van der Waals surface area contributed by atoms with E-state index in [1.165, 1.54) is 21.3 Å². The summed E-state index contributed by atoms with van der Waals surface area (Å²) in [7, 11) is 1.14. The van der Waals surface area contributed by atoms with Crippen LogP contribution in [0.25, 0.3) is 0 Å². The van der Waals surface area contributed by atoms with Gasteiger partial charge in [-0.3, -0.25) is 4.79 Å². The Balaban J connectivity index is 1.93. The Morgan fingerprint density at radius 2 is 1.67 bits per heavy atom. The molecule has 3 rings (SSSR count). The number of likely N-dealkylation sites (tertiary alicyclic amines) is 1. The predicted octanol–water partition coefficient (Wildman–Crippen LogP) is 3.58. The van der Waals surface area contributed by atoms with E-state index in [-0.39, 0.29) is 25.1 Å². The van der Waals surface area contributed by atoms with Crippen molar-refractivity contribution in [2.45, 2.75) is 25.6 Å². The van der Waals surface area contributed by atoms with E-state index in [0.717, 1.165) is 11.8 Å². The maximum atomic E-state index is 15.9. The van der Waals surface area contributed by atoms with Crippen LogP contribution in [0.2, 0.25) is 0 Å². The summed E-state index contributed by atoms with van der Waals surface area (Å²) >= 11 is 0. The second-order valence-corrected chi connectivity index (χ2v) is 10.6. The van der Waals surface area contributed by atoms with E-state index in [1.54, 1.807) is 47.4 Å². The quantitative estimate of drug-likeness (QED) is 0.518. The van der Waals surface area contributed by atoms with Crippen molar-refractivity contribution in [2.75, 3.05) is 39.9 Å². The van der Waals surface area contributed by atoms with E-state index in [4.69, 9.17) is 14.2 Å². The van der Waals surface area contributed by atoms with Crippen molar-refractivity contribution in [1.82, 2.24) is 4.90 Å². The number of hydrogen-bond acceptors (Lipinski definition) is 6. The van der Waals surface area contributed by atoms with Gasteiger partial charge in [-0.05, 0) is 36.1 Å². The Morgan fingerprint density at radius 1 is 1.06 bits per heavy atom. The fourth-order valence-corrected chi connectivity index (χ4v) is 5.09. The van der Waals surface area contributed by atoms with E-state index in [9.17, 15) is 13.2 Å². The average Bonchev–Trinajstić information content (AvgIpc) is 3.12. The highest BCUT2D eigenvalue weighted by Gasteiger charge is 2.53. The third-order valence-electron chi connectivity index (χ3n) is 6.14. The Labute approximate surface area is 194 Å². The molecule has 0 N–H and O–H groups in total. The fourth-order valence-electron chi connectivity index (χ4n) is 4.36. The van der Waals surface area contributed by atoms with Crippen molar-refractivity contribution in [1.29, 1.82) is 0 Å². The Hall–Kier alpha value is -2.81. The molecule has 33 heavy (non-hydrogen) atoms. The summed E-state index contributed by atoms with van der Waals surface area (Å²) in [6.07, 6.45) is -0.365. The van der Waals surface area contributed by atoms with Crippen LogP contribution >= 0.6 is 0 Å². The van der Waals surface area contributed by atoms with Crippen molar-refractivity contribution < 1.29 is 31.8 Å². The standard InChI is InChI=1S/C24H30FNO6S/c1-30-19-14-17(15-20(31-2)21(19)32-3)16-26-12-10-24(23(26)27,11-13-33(4,28)29)22(25)18-8-6-5-7-9-18/h5-9,14-15,22H,10-13,16H2,1-4H3. The van der Waals surface area contributed by atoms with Crippen LogP contribution in [0.1, 0.15) is 30.1 Å². The number of sulfone groups is 1. The first-order valence-electron chi connectivity index (χ1n) is 10.6. The molecule has 0 saturated carbocycles. The first kappa shape index (κ1) is 24.8. The largest absolute Gasteiger partial charge is 0.493 e. The van der Waals surface area contributed by atoms with Gasteiger partial charge in [0, 0.05) is 19.3 Å². The van der Waals surface area contributed by atoms with E-state index >= 15 is 4.39 Å². The highest BCUT2D eigenvalue weighted by atomic mass is 32.2. The summed E-state index contributed by atoms with van der Waals surface area (Å²) in [5.41, 5.74) is -0.341. The number of carbonyl (C=O) groups is 1. The lowest BCUT2D eigenvalue weighted by atomic mass is 9.76. The minimum atomic E-state index is -3.38. The van der Waals surface area contributed by atoms with Gasteiger partial charge in [0.25, 0.3) is 0 Å². The van der Waals surface area contributed by atoms with Gasteiger partial charge in [-0.2, -0.15) is 0 Å². The number of methoxy groups -OCH3 is 3. The summed E-state index contributed by atoms with van der Waals surface area (Å²) in [6.45, 7) is 0.518. The number of alkyl halides is 1. The molecule has 1 amide bonds. The van der Waals surface area contributed by atoms with Crippen molar-refractivity contribution in [3.8, 4) is 17.2 Å². The van der Waals surface area contributed by atoms with Crippen LogP contribution in [-0.4, -0.2) is 59.1 Å². The predicted molar refractivity (Wildman–Crippen MR) is 123 cm³/mol. The number of rotatable bonds is 10. The van der Waals surface area contributed by atoms with Crippen molar-refractivity contribution >= 4 is 15.7 Å². The molecule has 9 heteroatoms. The van der Waals surface area contributed by atoms with Gasteiger partial charge in [-0.15, -0.1) is 0 Å². The molecule has 1 aliphatic rings. The van der Waals surface area contributed by atoms with Crippen LogP contribution in [0, 0.1) is 5.41 Å². The molecule has 0 bridgehead atoms. The molecule has 0 radical (unpaired) electrons. The third kappa shape index (κ3) is 5.24. The molecule has 1 fully saturated rings. The van der Waals surface area contributed by atoms with Crippen LogP contribution in [0.3, 0.4) is 0 Å². The maximum Gasteiger partial charge on any atom is 0.232 e. The topological polar surface area (TPSA) is 82.1 Å². The van der Waals surface area contributed by atoms with Crippen LogP contribution < -0.4 is 14.2 Å². The zero-order chi connectivity index (χ0) is 24.2. The number of amides is 1. The van der Waals surface area contributed by atoms with Crippen molar-refractivity contribution in [3.63, 3.8) is 0 Å². The zero-order valence-electron chi connectivity index (χ0n) is 19.3. The molecule has 2 aromatic rings. The minimum Gasteiger partial charge on any atom is -0.493 e. The number of hydrogen-bond donors (Lipinski definition) is 0. The molecule has 2 aromatic carbocycles. The van der Waals surface area contributed by atoms with Crippen LogP contribution in [0.15, 0.2) is 42.5 Å². The second-order valence-electron chi connectivity index (χ2n) is 8.32. The molecule has 7 nitrogen and oxygen atoms in total. The normalized spacial score (nSPS) is 19.4. The molecule has 0 aromatic heterocycles. The first-order chi connectivity index (χ1) is 15.6. The van der Waals surface area contributed by atoms with Gasteiger partial charge < -0.3 is 19.1 Å². The number of ether oxygens (including phenoxy) is 3. The highest BCUT2D eigenvalue weighted by Crippen LogP contribution is 2.49. The van der Waals surface area contributed by atoms with Gasteiger partial charge in [0.1, 0.15) is 16.0 Å². The van der Waals surface area contributed by atoms with Gasteiger partial charge in [-0.25, -0.2) is 12.8 Å². The molecule has 2 unspecified atom stereocenters. The summed E-state index contributed by atoms with van der Waals surface area (Å²) in [4.78, 5) is 15.2. The van der Waals surface area contributed by atoms with Gasteiger partial charge in [0.15, 0.2) is 11.5 Å². The monoisotopic (exact) mass is 479 g/mol. The second kappa shape index (κ2) is 9.99. The summed E-state index contributed by atoms with van der Waals surface area (Å²) in [6, 6.07) is 11.9. The number of carbonyl (C=O) groups excluding carboxylic acids is 1. The Kier molecular flexibility index (Phi) is 7.51. The number of benzene rings is 2. The summed E-state index contributed by atoms with van der Waals surface area (Å²) < 4.78 is 55.8. The summed E-state index contributed by atoms with van der Waals surface area (Å²) in [5.74, 6) is 0.691. The molecule has 0 spiro atoms. The van der Waals surface area contributed by atoms with Crippen LogP contribution in [0.5, 0.6) is 17.2 Å². The molecular weight excluding hydrogens is 449 g/mol. The first-order valence-corrected chi connectivity index (χ1v) is 12.7. The molecule has 2 atom stereocenters. The van der Waals surface area contributed by atoms with Gasteiger partial charge >= 0.3 is 0 Å². The fraction of sp³-hybridized carbons (Fsp3) is 0.458. The van der Waals surface area contributed by atoms with Gasteiger partial charge in [0.2, 0.25) is 11.7 Å². The van der Waals surface area contributed by atoms with Crippen molar-refractivity contribution in [2.24, 2.45) is 5.41 Å². The van der Waals surface area contributed by atoms with Crippen LogP contribution in [0.4, 0.5) is 4.39 Å². The SMILES string of the molecule is COc1cc(CN2CCC(CCS(C)(=O)=O)(C(F)c3ccccc3)C2=O)cc(OC)c1OC. The summed E-state index contributed by atoms with van der Waals surface area (Å²) in [5, 5.41) is 0. The lowest BCUT2D eigenvalue weighted by molar-refractivity contribution is -0.140. The van der Waals surface area contributed by atoms with E-state index in [0.29, 0.717) is 29.4 Å². The maximum absolute atomic E-state index is 15.9. The smallest absolute Gasteiger partial charge is 0.232 e. The van der Waals surface area contributed by atoms with E-state index in [2.05, 4.69) is 0 Å². The average molecular weight is 480 g/mol. The van der Waals surface area contributed by atoms with Gasteiger partial charge in [-0.1, -0.05) is 30.3 Å². The Morgan fingerprint density at radius 3 is 2.18 bits per heavy atom. The van der Waals surface area contributed by atoms with E-state index in [1.807, 2.05) is 0 Å². The third-order valence-corrected chi connectivity index (χ3v) is 7.08. The number of halogens is 1. The van der Waals surface area contributed by atoms with Crippen molar-refractivity contribution in [3.05, 3.63) is 53.6 Å². The van der Waals surface area contributed by atoms with Gasteiger partial charge in [0.05, 0.1) is 32.5 Å². The minimum absolute atomic E-state index is 0.0769.